The third-order valence-corrected chi connectivity index (χ3v) is 2.96. The van der Waals surface area contributed by atoms with E-state index >= 15 is 0 Å². The van der Waals surface area contributed by atoms with Gasteiger partial charge < -0.3 is 0 Å². The van der Waals surface area contributed by atoms with Crippen LogP contribution >= 0.6 is 0 Å². The first-order valence-electron chi connectivity index (χ1n) is 6.18. The third kappa shape index (κ3) is 3.09. The van der Waals surface area contributed by atoms with Crippen LogP contribution in [0.3, 0.4) is 0 Å². The van der Waals surface area contributed by atoms with Crippen molar-refractivity contribution in [1.82, 2.24) is 14.5 Å². The minimum absolute atomic E-state index is 0.326. The van der Waals surface area contributed by atoms with Crippen LogP contribution in [0.1, 0.15) is 46.1 Å². The van der Waals surface area contributed by atoms with Crippen molar-refractivity contribution in [3.63, 3.8) is 0 Å². The maximum atomic E-state index is 11.7. The van der Waals surface area contributed by atoms with Crippen molar-refractivity contribution in [2.75, 3.05) is 0 Å². The molecule has 0 aliphatic rings. The molecule has 0 bridgehead atoms. The molecule has 0 aromatic carbocycles. The van der Waals surface area contributed by atoms with E-state index in [1.54, 1.807) is 0 Å². The molecule has 1 unspecified atom stereocenters. The SMILES string of the molecule is CCC(=CC(CC)n1c(=O)[nH]c(=O)[nH]c1=O)CC. The highest BCUT2D eigenvalue weighted by atomic mass is 16.2. The zero-order chi connectivity index (χ0) is 13.7. The van der Waals surface area contributed by atoms with Crippen molar-refractivity contribution in [3.05, 3.63) is 43.1 Å². The molecule has 0 saturated heterocycles. The Labute approximate surface area is 104 Å². The van der Waals surface area contributed by atoms with Crippen LogP contribution in [0.4, 0.5) is 0 Å². The van der Waals surface area contributed by atoms with Crippen LogP contribution in [0.15, 0.2) is 26.0 Å². The highest BCUT2D eigenvalue weighted by Crippen LogP contribution is 2.15. The second-order valence-electron chi connectivity index (χ2n) is 4.07. The van der Waals surface area contributed by atoms with Crippen LogP contribution in [0.25, 0.3) is 0 Å². The molecular formula is C12H19N3O3. The van der Waals surface area contributed by atoms with Crippen molar-refractivity contribution in [3.8, 4) is 0 Å². The molecule has 0 radical (unpaired) electrons. The molecule has 0 fully saturated rings. The van der Waals surface area contributed by atoms with Crippen molar-refractivity contribution < 1.29 is 0 Å². The van der Waals surface area contributed by atoms with E-state index in [1.165, 1.54) is 5.57 Å². The summed E-state index contributed by atoms with van der Waals surface area (Å²) in [4.78, 5) is 38.5. The molecule has 100 valence electrons. The van der Waals surface area contributed by atoms with E-state index in [2.05, 4.69) is 9.97 Å². The number of hydrogen-bond acceptors (Lipinski definition) is 3. The van der Waals surface area contributed by atoms with E-state index in [0.717, 1.165) is 17.4 Å². The number of hydrogen-bond donors (Lipinski definition) is 2. The highest BCUT2D eigenvalue weighted by Gasteiger charge is 2.12. The fraction of sp³-hybridized carbons (Fsp3) is 0.583. The molecule has 0 aliphatic heterocycles. The lowest BCUT2D eigenvalue weighted by atomic mass is 10.1. The van der Waals surface area contributed by atoms with Gasteiger partial charge in [0.1, 0.15) is 0 Å². The molecule has 1 aromatic heterocycles. The van der Waals surface area contributed by atoms with Gasteiger partial charge in [0.25, 0.3) is 0 Å². The predicted octanol–water partition coefficient (Wildman–Crippen LogP) is 0.922. The summed E-state index contributed by atoms with van der Waals surface area (Å²) in [5.74, 6) is 0. The summed E-state index contributed by atoms with van der Waals surface area (Å²) < 4.78 is 1.05. The molecule has 1 rings (SSSR count). The molecule has 0 spiro atoms. The van der Waals surface area contributed by atoms with Gasteiger partial charge in [-0.2, -0.15) is 0 Å². The smallest absolute Gasteiger partial charge is 0.259 e. The van der Waals surface area contributed by atoms with Crippen molar-refractivity contribution in [2.45, 2.75) is 46.1 Å². The Bertz CT molecular complexity index is 551. The first-order valence-corrected chi connectivity index (χ1v) is 6.18. The molecule has 0 amide bonds. The first-order chi connectivity index (χ1) is 8.53. The fourth-order valence-corrected chi connectivity index (χ4v) is 1.87. The van der Waals surface area contributed by atoms with E-state index < -0.39 is 17.1 Å². The van der Waals surface area contributed by atoms with Gasteiger partial charge in [0, 0.05) is 0 Å². The summed E-state index contributed by atoms with van der Waals surface area (Å²) in [6, 6.07) is -0.326. The monoisotopic (exact) mass is 253 g/mol. The summed E-state index contributed by atoms with van der Waals surface area (Å²) in [7, 11) is 0. The van der Waals surface area contributed by atoms with E-state index in [0.29, 0.717) is 6.42 Å². The second kappa shape index (κ2) is 6.18. The molecule has 1 aromatic rings. The Kier molecular flexibility index (Phi) is 4.88. The lowest BCUT2D eigenvalue weighted by molar-refractivity contribution is 0.512. The lowest BCUT2D eigenvalue weighted by Crippen LogP contribution is -2.44. The van der Waals surface area contributed by atoms with Gasteiger partial charge in [-0.3, -0.25) is 9.97 Å². The maximum Gasteiger partial charge on any atom is 0.334 e. The largest absolute Gasteiger partial charge is 0.334 e. The summed E-state index contributed by atoms with van der Waals surface area (Å²) in [6.07, 6.45) is 4.29. The van der Waals surface area contributed by atoms with Crippen molar-refractivity contribution in [1.29, 1.82) is 0 Å². The Balaban J connectivity index is 3.35. The molecular weight excluding hydrogens is 234 g/mol. The summed E-state index contributed by atoms with van der Waals surface area (Å²) in [5, 5.41) is 0. The molecule has 0 saturated carbocycles. The Hall–Kier alpha value is -1.85. The van der Waals surface area contributed by atoms with Gasteiger partial charge in [-0.05, 0) is 19.3 Å². The number of rotatable bonds is 5. The molecule has 2 N–H and O–H groups in total. The van der Waals surface area contributed by atoms with Crippen molar-refractivity contribution in [2.24, 2.45) is 0 Å². The van der Waals surface area contributed by atoms with Crippen LogP contribution in [0.2, 0.25) is 0 Å². The van der Waals surface area contributed by atoms with Crippen LogP contribution < -0.4 is 17.1 Å². The molecule has 6 nitrogen and oxygen atoms in total. The average Bonchev–Trinajstić information content (AvgIpc) is 2.32. The Morgan fingerprint density at radius 2 is 1.61 bits per heavy atom. The third-order valence-electron chi connectivity index (χ3n) is 2.96. The molecule has 6 heteroatoms. The van der Waals surface area contributed by atoms with Gasteiger partial charge >= 0.3 is 17.1 Å². The predicted molar refractivity (Wildman–Crippen MR) is 69.9 cm³/mol. The van der Waals surface area contributed by atoms with Gasteiger partial charge in [0.15, 0.2) is 0 Å². The van der Waals surface area contributed by atoms with Crippen LogP contribution in [0.5, 0.6) is 0 Å². The van der Waals surface area contributed by atoms with E-state index in [9.17, 15) is 14.4 Å². The maximum absolute atomic E-state index is 11.7. The van der Waals surface area contributed by atoms with E-state index in [1.807, 2.05) is 26.8 Å². The summed E-state index contributed by atoms with van der Waals surface area (Å²) in [5.41, 5.74) is -0.928. The number of allylic oxidation sites excluding steroid dienone is 2. The second-order valence-corrected chi connectivity index (χ2v) is 4.07. The number of nitrogens with one attached hydrogen (secondary N) is 2. The standard InChI is InChI=1S/C12H19N3O3/c1-4-8(5-2)7-9(6-3)15-11(17)13-10(16)14-12(15)18/h7,9H,4-6H2,1-3H3,(H2,13,14,16,17,18). The summed E-state index contributed by atoms with van der Waals surface area (Å²) >= 11 is 0. The van der Waals surface area contributed by atoms with Gasteiger partial charge in [-0.25, -0.2) is 19.0 Å². The number of nitrogens with zero attached hydrogens (tertiary/aromatic N) is 1. The number of aromatic nitrogens is 3. The normalized spacial score (nSPS) is 12.2. The van der Waals surface area contributed by atoms with Gasteiger partial charge in [-0.15, -0.1) is 0 Å². The molecule has 0 aliphatic carbocycles. The van der Waals surface area contributed by atoms with E-state index in [-0.39, 0.29) is 6.04 Å². The van der Waals surface area contributed by atoms with Gasteiger partial charge in [-0.1, -0.05) is 32.4 Å². The lowest BCUT2D eigenvalue weighted by Gasteiger charge is -2.14. The zero-order valence-corrected chi connectivity index (χ0v) is 10.9. The number of H-pyrrole nitrogens is 2. The first kappa shape index (κ1) is 14.2. The topological polar surface area (TPSA) is 87.7 Å². The average molecular weight is 253 g/mol. The van der Waals surface area contributed by atoms with Crippen LogP contribution in [0, 0.1) is 0 Å². The number of aromatic amines is 2. The van der Waals surface area contributed by atoms with Gasteiger partial charge in [0.05, 0.1) is 6.04 Å². The fourth-order valence-electron chi connectivity index (χ4n) is 1.87. The van der Waals surface area contributed by atoms with Crippen LogP contribution in [-0.4, -0.2) is 14.5 Å². The van der Waals surface area contributed by atoms with Gasteiger partial charge in [0.2, 0.25) is 0 Å². The molecule has 1 heterocycles. The molecule has 18 heavy (non-hydrogen) atoms. The zero-order valence-electron chi connectivity index (χ0n) is 10.9. The minimum Gasteiger partial charge on any atom is -0.259 e. The molecule has 1 atom stereocenters. The quantitative estimate of drug-likeness (QED) is 0.765. The van der Waals surface area contributed by atoms with Crippen LogP contribution in [-0.2, 0) is 0 Å². The summed E-state index contributed by atoms with van der Waals surface area (Å²) in [6.45, 7) is 5.95. The Morgan fingerprint density at radius 3 is 2.00 bits per heavy atom. The van der Waals surface area contributed by atoms with E-state index in [4.69, 9.17) is 0 Å². The highest BCUT2D eigenvalue weighted by molar-refractivity contribution is 5.05. The van der Waals surface area contributed by atoms with Crippen molar-refractivity contribution >= 4 is 0 Å². The minimum atomic E-state index is -0.772. The Morgan fingerprint density at radius 1 is 1.11 bits per heavy atom.